The van der Waals surface area contributed by atoms with Gasteiger partial charge < -0.3 is 20.7 Å². The third-order valence-corrected chi connectivity index (χ3v) is 3.77. The van der Waals surface area contributed by atoms with Gasteiger partial charge in [-0.15, -0.1) is 0 Å². The van der Waals surface area contributed by atoms with E-state index in [1.54, 1.807) is 0 Å². The van der Waals surface area contributed by atoms with Gasteiger partial charge in [0, 0.05) is 30.6 Å². The van der Waals surface area contributed by atoms with E-state index in [-0.39, 0.29) is 5.91 Å². The van der Waals surface area contributed by atoms with Gasteiger partial charge in [0.1, 0.15) is 6.04 Å². The molecule has 2 aliphatic rings. The lowest BCUT2D eigenvalue weighted by Crippen LogP contribution is -2.31. The van der Waals surface area contributed by atoms with Gasteiger partial charge in [0.15, 0.2) is 0 Å². The molecule has 3 rings (SSSR count). The van der Waals surface area contributed by atoms with Gasteiger partial charge in [0.25, 0.3) is 0 Å². The molecule has 1 aromatic carbocycles. The number of hydrogen-bond acceptors (Lipinski definition) is 4. The van der Waals surface area contributed by atoms with Crippen LogP contribution in [0.2, 0.25) is 0 Å². The Hall–Kier alpha value is -1.59. The first kappa shape index (κ1) is 11.5. The van der Waals surface area contributed by atoms with Crippen molar-refractivity contribution in [3.05, 3.63) is 23.8 Å². The zero-order chi connectivity index (χ0) is 12.7. The number of anilines is 2. The summed E-state index contributed by atoms with van der Waals surface area (Å²) in [6.45, 7) is 1.58. The largest absolute Gasteiger partial charge is 0.379 e. The highest BCUT2D eigenvalue weighted by Gasteiger charge is 2.28. The second kappa shape index (κ2) is 4.26. The minimum Gasteiger partial charge on any atom is -0.379 e. The summed E-state index contributed by atoms with van der Waals surface area (Å²) in [6, 6.07) is 5.80. The van der Waals surface area contributed by atoms with E-state index in [0.717, 1.165) is 36.6 Å². The number of likely N-dealkylation sites (N-methyl/N-ethyl adjacent to an activating group) is 1. The van der Waals surface area contributed by atoms with Crippen LogP contribution in [0.4, 0.5) is 11.4 Å². The van der Waals surface area contributed by atoms with E-state index in [2.05, 4.69) is 17.3 Å². The summed E-state index contributed by atoms with van der Waals surface area (Å²) in [7, 11) is 2.05. The van der Waals surface area contributed by atoms with Gasteiger partial charge in [-0.3, -0.25) is 4.79 Å². The lowest BCUT2D eigenvalue weighted by molar-refractivity contribution is -0.116. The number of ether oxygens (including phenoxy) is 1. The highest BCUT2D eigenvalue weighted by Crippen LogP contribution is 2.33. The van der Waals surface area contributed by atoms with E-state index >= 15 is 0 Å². The fourth-order valence-electron chi connectivity index (χ4n) is 2.53. The predicted octanol–water partition coefficient (Wildman–Crippen LogP) is 0.864. The Morgan fingerprint density at radius 2 is 2.33 bits per heavy atom. The van der Waals surface area contributed by atoms with Gasteiger partial charge in [0.05, 0.1) is 12.6 Å². The maximum atomic E-state index is 11.5. The molecular formula is C13H17N3O2. The number of nitrogens with one attached hydrogen (secondary N) is 1. The summed E-state index contributed by atoms with van der Waals surface area (Å²) >= 11 is 0. The van der Waals surface area contributed by atoms with Gasteiger partial charge >= 0.3 is 0 Å². The smallest absolute Gasteiger partial charge is 0.245 e. The standard InChI is InChI=1S/C13H17N3O2/c1-16(9-4-5-18-7-9)8-2-3-10-11(6-8)15-13(17)12(10)14/h2-3,6,9,12H,4-5,7,14H2,1H3,(H,15,17). The Kier molecular flexibility index (Phi) is 2.72. The van der Waals surface area contributed by atoms with Crippen molar-refractivity contribution in [1.29, 1.82) is 0 Å². The summed E-state index contributed by atoms with van der Waals surface area (Å²) in [6.07, 6.45) is 1.04. The third-order valence-electron chi connectivity index (χ3n) is 3.77. The van der Waals surface area contributed by atoms with Gasteiger partial charge in [-0.1, -0.05) is 6.07 Å². The van der Waals surface area contributed by atoms with Crippen molar-refractivity contribution in [3.8, 4) is 0 Å². The van der Waals surface area contributed by atoms with E-state index in [1.165, 1.54) is 0 Å². The van der Waals surface area contributed by atoms with E-state index in [0.29, 0.717) is 6.04 Å². The fourth-order valence-corrected chi connectivity index (χ4v) is 2.53. The number of fused-ring (bicyclic) bond motifs is 1. The molecule has 1 fully saturated rings. The van der Waals surface area contributed by atoms with Crippen LogP contribution in [0.1, 0.15) is 18.0 Å². The lowest BCUT2D eigenvalue weighted by Gasteiger charge is -2.25. The average Bonchev–Trinajstić information content (AvgIpc) is 2.98. The van der Waals surface area contributed by atoms with Crippen molar-refractivity contribution in [2.75, 3.05) is 30.5 Å². The van der Waals surface area contributed by atoms with Crippen LogP contribution in [-0.4, -0.2) is 32.2 Å². The van der Waals surface area contributed by atoms with E-state index in [9.17, 15) is 4.79 Å². The van der Waals surface area contributed by atoms with Gasteiger partial charge in [0.2, 0.25) is 5.91 Å². The van der Waals surface area contributed by atoms with Crippen molar-refractivity contribution in [2.45, 2.75) is 18.5 Å². The number of nitrogens with two attached hydrogens (primary N) is 1. The molecule has 5 nitrogen and oxygen atoms in total. The molecule has 1 aromatic rings. The Bertz CT molecular complexity index is 483. The molecule has 2 atom stereocenters. The van der Waals surface area contributed by atoms with Crippen molar-refractivity contribution < 1.29 is 9.53 Å². The normalized spacial score (nSPS) is 26.0. The lowest BCUT2D eigenvalue weighted by atomic mass is 10.1. The van der Waals surface area contributed by atoms with Crippen LogP contribution >= 0.6 is 0 Å². The van der Waals surface area contributed by atoms with Crippen molar-refractivity contribution >= 4 is 17.3 Å². The summed E-state index contributed by atoms with van der Waals surface area (Å²) in [5.41, 5.74) is 8.58. The zero-order valence-electron chi connectivity index (χ0n) is 10.3. The molecule has 18 heavy (non-hydrogen) atoms. The molecule has 0 aliphatic carbocycles. The molecule has 5 heteroatoms. The molecule has 2 unspecified atom stereocenters. The molecule has 2 aliphatic heterocycles. The van der Waals surface area contributed by atoms with Crippen LogP contribution in [0, 0.1) is 0 Å². The van der Waals surface area contributed by atoms with Crippen LogP contribution < -0.4 is 16.0 Å². The monoisotopic (exact) mass is 247 g/mol. The molecular weight excluding hydrogens is 230 g/mol. The van der Waals surface area contributed by atoms with Gasteiger partial charge in [-0.2, -0.15) is 0 Å². The quantitative estimate of drug-likeness (QED) is 0.813. The first-order valence-corrected chi connectivity index (χ1v) is 6.18. The predicted molar refractivity (Wildman–Crippen MR) is 69.6 cm³/mol. The first-order chi connectivity index (χ1) is 8.66. The maximum Gasteiger partial charge on any atom is 0.245 e. The van der Waals surface area contributed by atoms with Gasteiger partial charge in [-0.25, -0.2) is 0 Å². The fraction of sp³-hybridized carbons (Fsp3) is 0.462. The number of carbonyl (C=O) groups excluding carboxylic acids is 1. The topological polar surface area (TPSA) is 67.6 Å². The Balaban J connectivity index is 1.87. The van der Waals surface area contributed by atoms with Crippen molar-refractivity contribution in [1.82, 2.24) is 0 Å². The Labute approximate surface area is 106 Å². The number of amides is 1. The summed E-state index contributed by atoms with van der Waals surface area (Å²) in [5.74, 6) is -0.131. The van der Waals surface area contributed by atoms with E-state index in [1.807, 2.05) is 18.2 Å². The molecule has 0 radical (unpaired) electrons. The Morgan fingerprint density at radius 3 is 3.06 bits per heavy atom. The van der Waals surface area contributed by atoms with Crippen LogP contribution in [0.3, 0.4) is 0 Å². The van der Waals surface area contributed by atoms with Crippen molar-refractivity contribution in [3.63, 3.8) is 0 Å². The Morgan fingerprint density at radius 1 is 1.50 bits per heavy atom. The molecule has 0 aromatic heterocycles. The van der Waals surface area contributed by atoms with E-state index < -0.39 is 6.04 Å². The SMILES string of the molecule is CN(c1ccc2c(c1)NC(=O)C2N)C1CCOC1. The van der Waals surface area contributed by atoms with Crippen LogP contribution in [0.25, 0.3) is 0 Å². The molecule has 3 N–H and O–H groups in total. The highest BCUT2D eigenvalue weighted by molar-refractivity contribution is 6.02. The summed E-state index contributed by atoms with van der Waals surface area (Å²) < 4.78 is 5.40. The molecule has 1 amide bonds. The minimum atomic E-state index is -0.533. The number of hydrogen-bond donors (Lipinski definition) is 2. The highest BCUT2D eigenvalue weighted by atomic mass is 16.5. The van der Waals surface area contributed by atoms with Crippen LogP contribution in [-0.2, 0) is 9.53 Å². The third kappa shape index (κ3) is 1.76. The molecule has 0 bridgehead atoms. The van der Waals surface area contributed by atoms with Crippen LogP contribution in [0.15, 0.2) is 18.2 Å². The van der Waals surface area contributed by atoms with Crippen molar-refractivity contribution in [2.24, 2.45) is 5.73 Å². The average molecular weight is 247 g/mol. The molecule has 0 spiro atoms. The summed E-state index contributed by atoms with van der Waals surface area (Å²) in [4.78, 5) is 13.7. The first-order valence-electron chi connectivity index (χ1n) is 6.18. The number of carbonyl (C=O) groups is 1. The molecule has 96 valence electrons. The number of nitrogens with zero attached hydrogens (tertiary/aromatic N) is 1. The van der Waals surface area contributed by atoms with E-state index in [4.69, 9.17) is 10.5 Å². The maximum absolute atomic E-state index is 11.5. The second-order valence-corrected chi connectivity index (χ2v) is 4.87. The second-order valence-electron chi connectivity index (χ2n) is 4.87. The molecule has 0 saturated carbocycles. The van der Waals surface area contributed by atoms with Gasteiger partial charge in [-0.05, 0) is 18.6 Å². The zero-order valence-corrected chi connectivity index (χ0v) is 10.3. The van der Waals surface area contributed by atoms with Crippen LogP contribution in [0.5, 0.6) is 0 Å². The number of rotatable bonds is 2. The number of benzene rings is 1. The summed E-state index contributed by atoms with van der Waals surface area (Å²) in [5, 5.41) is 2.81. The molecule has 2 heterocycles. The minimum absolute atomic E-state index is 0.131. The molecule has 1 saturated heterocycles.